The van der Waals surface area contributed by atoms with Crippen molar-refractivity contribution < 1.29 is 9.90 Å². The number of nitrogens with one attached hydrogen (secondary N) is 1. The molecule has 1 saturated heterocycles. The molecule has 0 aromatic carbocycles. The van der Waals surface area contributed by atoms with E-state index in [-0.39, 0.29) is 17.9 Å². The Hall–Kier alpha value is -0.220. The first-order chi connectivity index (χ1) is 4.33. The van der Waals surface area contributed by atoms with Crippen LogP contribution in [0, 0.1) is 0 Å². The Morgan fingerprint density at radius 1 is 1.89 bits per heavy atom. The van der Waals surface area contributed by atoms with Crippen LogP contribution in [0.3, 0.4) is 0 Å². The summed E-state index contributed by atoms with van der Waals surface area (Å²) in [5.41, 5.74) is 0. The summed E-state index contributed by atoms with van der Waals surface area (Å²) in [6.45, 7) is 0.192. The SMILES string of the molecule is O=C1CC(SCCO)N1. The monoisotopic (exact) mass is 147 g/mol. The highest BCUT2D eigenvalue weighted by Gasteiger charge is 2.24. The van der Waals surface area contributed by atoms with E-state index in [0.29, 0.717) is 12.2 Å². The lowest BCUT2D eigenvalue weighted by Gasteiger charge is -2.25. The smallest absolute Gasteiger partial charge is 0.223 e. The molecule has 1 unspecified atom stereocenters. The van der Waals surface area contributed by atoms with E-state index in [1.54, 1.807) is 11.8 Å². The van der Waals surface area contributed by atoms with Crippen LogP contribution in [0.15, 0.2) is 0 Å². The Morgan fingerprint density at radius 3 is 3.00 bits per heavy atom. The second-order valence-corrected chi connectivity index (χ2v) is 3.17. The zero-order chi connectivity index (χ0) is 6.69. The number of carbonyl (C=O) groups excluding carboxylic acids is 1. The average molecular weight is 147 g/mol. The predicted octanol–water partition coefficient (Wildman–Crippen LogP) is -0.442. The van der Waals surface area contributed by atoms with Crippen molar-refractivity contribution in [3.63, 3.8) is 0 Å². The van der Waals surface area contributed by atoms with Crippen molar-refractivity contribution in [2.24, 2.45) is 0 Å². The Kier molecular flexibility index (Phi) is 2.36. The molecule has 1 heterocycles. The lowest BCUT2D eigenvalue weighted by Crippen LogP contribution is -2.46. The number of rotatable bonds is 3. The van der Waals surface area contributed by atoms with Gasteiger partial charge in [0.25, 0.3) is 0 Å². The molecule has 0 spiro atoms. The summed E-state index contributed by atoms with van der Waals surface area (Å²) in [5, 5.41) is 11.3. The van der Waals surface area contributed by atoms with E-state index >= 15 is 0 Å². The summed E-state index contributed by atoms with van der Waals surface area (Å²) in [7, 11) is 0. The van der Waals surface area contributed by atoms with Gasteiger partial charge in [0.2, 0.25) is 5.91 Å². The number of thioether (sulfide) groups is 1. The van der Waals surface area contributed by atoms with Gasteiger partial charge in [0.05, 0.1) is 18.4 Å². The van der Waals surface area contributed by atoms with E-state index in [4.69, 9.17) is 5.11 Å². The third-order valence-electron chi connectivity index (χ3n) is 1.10. The molecule has 1 aliphatic heterocycles. The van der Waals surface area contributed by atoms with Crippen molar-refractivity contribution in [1.82, 2.24) is 5.32 Å². The molecule has 0 aromatic heterocycles. The predicted molar refractivity (Wildman–Crippen MR) is 36.1 cm³/mol. The highest BCUT2D eigenvalue weighted by atomic mass is 32.2. The van der Waals surface area contributed by atoms with Gasteiger partial charge in [-0.15, -0.1) is 11.8 Å². The molecule has 0 bridgehead atoms. The number of aliphatic hydroxyl groups excluding tert-OH is 1. The fraction of sp³-hybridized carbons (Fsp3) is 0.800. The van der Waals surface area contributed by atoms with Crippen molar-refractivity contribution in [3.8, 4) is 0 Å². The van der Waals surface area contributed by atoms with Crippen molar-refractivity contribution in [2.75, 3.05) is 12.4 Å². The molecule has 1 atom stereocenters. The van der Waals surface area contributed by atoms with Crippen LogP contribution < -0.4 is 5.32 Å². The Balaban J connectivity index is 1.97. The van der Waals surface area contributed by atoms with E-state index in [0.717, 1.165) is 0 Å². The normalized spacial score (nSPS) is 25.0. The Morgan fingerprint density at radius 2 is 2.56 bits per heavy atom. The molecule has 3 nitrogen and oxygen atoms in total. The molecule has 1 fully saturated rings. The van der Waals surface area contributed by atoms with E-state index in [2.05, 4.69) is 5.32 Å². The molecule has 0 radical (unpaired) electrons. The molecular formula is C5H9NO2S. The summed E-state index contributed by atoms with van der Waals surface area (Å²) in [6.07, 6.45) is 0.616. The summed E-state index contributed by atoms with van der Waals surface area (Å²) < 4.78 is 0. The lowest BCUT2D eigenvalue weighted by atomic mass is 10.3. The maximum Gasteiger partial charge on any atom is 0.223 e. The number of hydrogen-bond acceptors (Lipinski definition) is 3. The van der Waals surface area contributed by atoms with E-state index < -0.39 is 0 Å². The molecule has 0 aromatic rings. The van der Waals surface area contributed by atoms with Crippen LogP contribution >= 0.6 is 11.8 Å². The van der Waals surface area contributed by atoms with Gasteiger partial charge in [-0.05, 0) is 0 Å². The van der Waals surface area contributed by atoms with Crippen LogP contribution in [-0.2, 0) is 4.79 Å². The molecule has 0 aliphatic carbocycles. The van der Waals surface area contributed by atoms with Gasteiger partial charge in [-0.3, -0.25) is 4.79 Å². The van der Waals surface area contributed by atoms with Gasteiger partial charge in [0, 0.05) is 5.75 Å². The quantitative estimate of drug-likeness (QED) is 0.532. The largest absolute Gasteiger partial charge is 0.396 e. The highest BCUT2D eigenvalue weighted by molar-refractivity contribution is 8.00. The van der Waals surface area contributed by atoms with Crippen molar-refractivity contribution >= 4 is 17.7 Å². The van der Waals surface area contributed by atoms with Crippen LogP contribution in [0.1, 0.15) is 6.42 Å². The number of hydrogen-bond donors (Lipinski definition) is 2. The Labute approximate surface area is 57.8 Å². The molecule has 4 heteroatoms. The maximum atomic E-state index is 10.3. The second-order valence-electron chi connectivity index (χ2n) is 1.85. The number of aliphatic hydroxyl groups is 1. The van der Waals surface area contributed by atoms with Gasteiger partial charge in [-0.2, -0.15) is 0 Å². The zero-order valence-electron chi connectivity index (χ0n) is 4.96. The topological polar surface area (TPSA) is 49.3 Å². The van der Waals surface area contributed by atoms with Gasteiger partial charge in [-0.1, -0.05) is 0 Å². The van der Waals surface area contributed by atoms with E-state index in [1.807, 2.05) is 0 Å². The lowest BCUT2D eigenvalue weighted by molar-refractivity contribution is -0.126. The summed E-state index contributed by atoms with van der Waals surface area (Å²) in [4.78, 5) is 10.3. The molecular weight excluding hydrogens is 138 g/mol. The van der Waals surface area contributed by atoms with Crippen LogP contribution in [0.5, 0.6) is 0 Å². The third kappa shape index (κ3) is 1.87. The zero-order valence-corrected chi connectivity index (χ0v) is 5.78. The van der Waals surface area contributed by atoms with Gasteiger partial charge in [-0.25, -0.2) is 0 Å². The average Bonchev–Trinajstić information content (AvgIpc) is 1.78. The van der Waals surface area contributed by atoms with Crippen LogP contribution in [-0.4, -0.2) is 28.7 Å². The number of β-lactam (4-membered cyclic amide) rings is 1. The maximum absolute atomic E-state index is 10.3. The van der Waals surface area contributed by atoms with Gasteiger partial charge >= 0.3 is 0 Å². The Bertz CT molecular complexity index is 110. The fourth-order valence-electron chi connectivity index (χ4n) is 0.622. The molecule has 52 valence electrons. The first-order valence-corrected chi connectivity index (χ1v) is 3.89. The minimum atomic E-state index is 0.116. The van der Waals surface area contributed by atoms with Crippen molar-refractivity contribution in [2.45, 2.75) is 11.8 Å². The molecule has 0 saturated carbocycles. The first kappa shape index (κ1) is 6.89. The standard InChI is InChI=1S/C5H9NO2S/c7-1-2-9-5-3-4(8)6-5/h5,7H,1-3H2,(H,6,8). The van der Waals surface area contributed by atoms with E-state index in [1.165, 1.54) is 0 Å². The van der Waals surface area contributed by atoms with Crippen molar-refractivity contribution in [1.29, 1.82) is 0 Å². The molecule has 9 heavy (non-hydrogen) atoms. The van der Waals surface area contributed by atoms with Crippen molar-refractivity contribution in [3.05, 3.63) is 0 Å². The highest BCUT2D eigenvalue weighted by Crippen LogP contribution is 2.17. The summed E-state index contributed by atoms with van der Waals surface area (Å²) in [5.74, 6) is 0.829. The summed E-state index contributed by atoms with van der Waals surface area (Å²) in [6, 6.07) is 0. The van der Waals surface area contributed by atoms with Crippen LogP contribution in [0.2, 0.25) is 0 Å². The van der Waals surface area contributed by atoms with Gasteiger partial charge in [0.15, 0.2) is 0 Å². The molecule has 1 aliphatic rings. The third-order valence-corrected chi connectivity index (χ3v) is 2.21. The fourth-order valence-corrected chi connectivity index (χ4v) is 1.50. The van der Waals surface area contributed by atoms with Crippen LogP contribution in [0.25, 0.3) is 0 Å². The van der Waals surface area contributed by atoms with E-state index in [9.17, 15) is 4.79 Å². The molecule has 1 amide bonds. The first-order valence-electron chi connectivity index (χ1n) is 2.85. The minimum absolute atomic E-state index is 0.116. The second kappa shape index (κ2) is 3.08. The molecule has 2 N–H and O–H groups in total. The number of amides is 1. The van der Waals surface area contributed by atoms with Crippen LogP contribution in [0.4, 0.5) is 0 Å². The molecule has 1 rings (SSSR count). The number of carbonyl (C=O) groups is 1. The van der Waals surface area contributed by atoms with Gasteiger partial charge in [0.1, 0.15) is 0 Å². The van der Waals surface area contributed by atoms with Gasteiger partial charge < -0.3 is 10.4 Å². The minimum Gasteiger partial charge on any atom is -0.396 e. The summed E-state index contributed by atoms with van der Waals surface area (Å²) >= 11 is 1.58.